The van der Waals surface area contributed by atoms with Gasteiger partial charge in [0, 0.05) is 0 Å². The standard InChI is InChI=1S/C14H18O6.2C2H6/c1-9(15)7-19-13(17)11-3-5-12(6-4-11)14(18)20-8-10(2)16;2*1-2/h3-6,9-10,15-16H,7-8H2,1-2H3;2*1-2H3. The van der Waals surface area contributed by atoms with Gasteiger partial charge in [0.2, 0.25) is 0 Å². The molecule has 138 valence electrons. The number of rotatable bonds is 6. The molecule has 2 atom stereocenters. The summed E-state index contributed by atoms with van der Waals surface area (Å²) in [6.07, 6.45) is -1.46. The van der Waals surface area contributed by atoms with Crippen molar-refractivity contribution in [1.82, 2.24) is 0 Å². The molecule has 2 N–H and O–H groups in total. The van der Waals surface area contributed by atoms with Crippen LogP contribution in [0.3, 0.4) is 0 Å². The fourth-order valence-electron chi connectivity index (χ4n) is 1.30. The molecule has 0 aliphatic rings. The summed E-state index contributed by atoms with van der Waals surface area (Å²) >= 11 is 0. The molecule has 0 spiro atoms. The first-order valence-electron chi connectivity index (χ1n) is 8.20. The van der Waals surface area contributed by atoms with Crippen LogP contribution in [0.1, 0.15) is 62.3 Å². The van der Waals surface area contributed by atoms with Crippen LogP contribution in [0.4, 0.5) is 0 Å². The molecule has 2 unspecified atom stereocenters. The molecule has 6 nitrogen and oxygen atoms in total. The second-order valence-electron chi connectivity index (χ2n) is 4.47. The van der Waals surface area contributed by atoms with Crippen molar-refractivity contribution >= 4 is 11.9 Å². The van der Waals surface area contributed by atoms with Crippen molar-refractivity contribution in [2.24, 2.45) is 0 Å². The Morgan fingerprint density at radius 1 is 0.792 bits per heavy atom. The molecule has 0 aliphatic heterocycles. The summed E-state index contributed by atoms with van der Waals surface area (Å²) in [5, 5.41) is 18.0. The first kappa shape index (κ1) is 24.3. The van der Waals surface area contributed by atoms with E-state index in [1.807, 2.05) is 27.7 Å². The van der Waals surface area contributed by atoms with Crippen molar-refractivity contribution in [2.45, 2.75) is 53.8 Å². The summed E-state index contributed by atoms with van der Waals surface area (Å²) in [5.74, 6) is -1.15. The predicted molar refractivity (Wildman–Crippen MR) is 93.1 cm³/mol. The average Bonchev–Trinajstić information content (AvgIpc) is 2.61. The molecule has 1 aromatic carbocycles. The van der Waals surface area contributed by atoms with Crippen LogP contribution in [0.5, 0.6) is 0 Å². The summed E-state index contributed by atoms with van der Waals surface area (Å²) in [7, 11) is 0. The van der Waals surface area contributed by atoms with E-state index in [9.17, 15) is 9.59 Å². The normalized spacial score (nSPS) is 11.7. The second kappa shape index (κ2) is 14.7. The van der Waals surface area contributed by atoms with Crippen molar-refractivity contribution in [3.05, 3.63) is 35.4 Å². The van der Waals surface area contributed by atoms with Crippen LogP contribution in [-0.2, 0) is 9.47 Å². The van der Waals surface area contributed by atoms with E-state index in [1.54, 1.807) is 0 Å². The van der Waals surface area contributed by atoms with E-state index in [-0.39, 0.29) is 24.3 Å². The van der Waals surface area contributed by atoms with E-state index in [0.29, 0.717) is 0 Å². The van der Waals surface area contributed by atoms with Gasteiger partial charge in [-0.3, -0.25) is 0 Å². The molecule has 1 rings (SSSR count). The van der Waals surface area contributed by atoms with Crippen molar-refractivity contribution < 1.29 is 29.3 Å². The molecule has 6 heteroatoms. The highest BCUT2D eigenvalue weighted by atomic mass is 16.5. The maximum Gasteiger partial charge on any atom is 0.338 e. The van der Waals surface area contributed by atoms with Crippen LogP contribution in [0.25, 0.3) is 0 Å². The van der Waals surface area contributed by atoms with Crippen molar-refractivity contribution in [1.29, 1.82) is 0 Å². The van der Waals surface area contributed by atoms with E-state index < -0.39 is 24.1 Å². The Kier molecular flexibility index (Phi) is 14.9. The molecule has 0 aliphatic carbocycles. The van der Waals surface area contributed by atoms with Crippen molar-refractivity contribution in [2.75, 3.05) is 13.2 Å². The molecular formula is C18H30O6. The Bertz CT molecular complexity index is 408. The van der Waals surface area contributed by atoms with Gasteiger partial charge >= 0.3 is 11.9 Å². The lowest BCUT2D eigenvalue weighted by atomic mass is 10.1. The Morgan fingerprint density at radius 3 is 1.25 bits per heavy atom. The minimum absolute atomic E-state index is 0.0863. The Hall–Kier alpha value is -1.92. The lowest BCUT2D eigenvalue weighted by molar-refractivity contribution is 0.0288. The molecule has 0 amide bonds. The van der Waals surface area contributed by atoms with E-state index in [2.05, 4.69) is 0 Å². The Labute approximate surface area is 144 Å². The van der Waals surface area contributed by atoms with Crippen LogP contribution in [0.15, 0.2) is 24.3 Å². The molecule has 0 heterocycles. The lowest BCUT2D eigenvalue weighted by Gasteiger charge is -2.08. The van der Waals surface area contributed by atoms with Crippen LogP contribution in [0, 0.1) is 0 Å². The van der Waals surface area contributed by atoms with Gasteiger partial charge in [0.15, 0.2) is 0 Å². The highest BCUT2D eigenvalue weighted by Crippen LogP contribution is 2.08. The zero-order valence-corrected chi connectivity index (χ0v) is 15.4. The van der Waals surface area contributed by atoms with Crippen LogP contribution in [-0.4, -0.2) is 47.6 Å². The second-order valence-corrected chi connectivity index (χ2v) is 4.47. The number of carbonyl (C=O) groups excluding carboxylic acids is 2. The number of hydrogen-bond donors (Lipinski definition) is 2. The molecule has 24 heavy (non-hydrogen) atoms. The summed E-state index contributed by atoms with van der Waals surface area (Å²) in [6, 6.07) is 5.74. The third-order valence-electron chi connectivity index (χ3n) is 2.27. The van der Waals surface area contributed by atoms with E-state index in [4.69, 9.17) is 19.7 Å². The number of aliphatic hydroxyl groups excluding tert-OH is 2. The fraction of sp³-hybridized carbons (Fsp3) is 0.556. The average molecular weight is 342 g/mol. The largest absolute Gasteiger partial charge is 0.459 e. The summed E-state index contributed by atoms with van der Waals surface area (Å²) in [4.78, 5) is 23.1. The van der Waals surface area contributed by atoms with Gasteiger partial charge in [-0.15, -0.1) is 0 Å². The lowest BCUT2D eigenvalue weighted by Crippen LogP contribution is -2.16. The minimum Gasteiger partial charge on any atom is -0.459 e. The van der Waals surface area contributed by atoms with Crippen LogP contribution >= 0.6 is 0 Å². The van der Waals surface area contributed by atoms with Crippen LogP contribution < -0.4 is 0 Å². The minimum atomic E-state index is -0.728. The molecule has 0 bridgehead atoms. The number of hydrogen-bond acceptors (Lipinski definition) is 6. The molecule has 0 fully saturated rings. The summed E-state index contributed by atoms with van der Waals surface area (Å²) in [5.41, 5.74) is 0.551. The maximum atomic E-state index is 11.6. The van der Waals surface area contributed by atoms with Gasteiger partial charge in [0.25, 0.3) is 0 Å². The first-order chi connectivity index (χ1) is 11.4. The van der Waals surface area contributed by atoms with E-state index in [1.165, 1.54) is 38.1 Å². The zero-order chi connectivity index (χ0) is 19.1. The van der Waals surface area contributed by atoms with Gasteiger partial charge < -0.3 is 19.7 Å². The van der Waals surface area contributed by atoms with Gasteiger partial charge in [0.1, 0.15) is 13.2 Å². The van der Waals surface area contributed by atoms with E-state index >= 15 is 0 Å². The number of aliphatic hydroxyl groups is 2. The summed E-state index contributed by atoms with van der Waals surface area (Å²) in [6.45, 7) is 10.8. The zero-order valence-electron chi connectivity index (χ0n) is 15.4. The molecule has 0 radical (unpaired) electrons. The maximum absolute atomic E-state index is 11.6. The third kappa shape index (κ3) is 10.7. The van der Waals surface area contributed by atoms with Gasteiger partial charge in [-0.1, -0.05) is 27.7 Å². The van der Waals surface area contributed by atoms with Gasteiger partial charge in [-0.2, -0.15) is 0 Å². The Morgan fingerprint density at radius 2 is 1.04 bits per heavy atom. The molecule has 0 saturated carbocycles. The third-order valence-corrected chi connectivity index (χ3v) is 2.27. The highest BCUT2D eigenvalue weighted by molar-refractivity contribution is 5.93. The van der Waals surface area contributed by atoms with E-state index in [0.717, 1.165) is 0 Å². The monoisotopic (exact) mass is 342 g/mol. The molecule has 0 aromatic heterocycles. The van der Waals surface area contributed by atoms with Gasteiger partial charge in [0.05, 0.1) is 23.3 Å². The topological polar surface area (TPSA) is 93.1 Å². The smallest absolute Gasteiger partial charge is 0.338 e. The number of carbonyl (C=O) groups is 2. The number of esters is 2. The molecule has 0 saturated heterocycles. The van der Waals surface area contributed by atoms with Crippen molar-refractivity contribution in [3.8, 4) is 0 Å². The van der Waals surface area contributed by atoms with Gasteiger partial charge in [-0.05, 0) is 38.1 Å². The SMILES string of the molecule is CC.CC.CC(O)COC(=O)c1ccc(C(=O)OCC(C)O)cc1. The van der Waals surface area contributed by atoms with Crippen LogP contribution in [0.2, 0.25) is 0 Å². The predicted octanol–water partition coefficient (Wildman–Crippen LogP) is 2.81. The first-order valence-corrected chi connectivity index (χ1v) is 8.20. The highest BCUT2D eigenvalue weighted by Gasteiger charge is 2.12. The molecule has 1 aromatic rings. The number of ether oxygens (including phenoxy) is 2. The van der Waals surface area contributed by atoms with Gasteiger partial charge in [-0.25, -0.2) is 9.59 Å². The number of benzene rings is 1. The summed E-state index contributed by atoms with van der Waals surface area (Å²) < 4.78 is 9.66. The molecular weight excluding hydrogens is 312 g/mol. The van der Waals surface area contributed by atoms with Crippen molar-refractivity contribution in [3.63, 3.8) is 0 Å². The Balaban J connectivity index is 0. The fourth-order valence-corrected chi connectivity index (χ4v) is 1.30. The quantitative estimate of drug-likeness (QED) is 0.772.